The Balaban J connectivity index is 1.63. The largest absolute Gasteiger partial charge is 0.573 e. The number of halogens is 3. The predicted octanol–water partition coefficient (Wildman–Crippen LogP) is 2.64. The number of hydrogen-bond acceptors (Lipinski definition) is 5. The van der Waals surface area contributed by atoms with Gasteiger partial charge in [0.05, 0.1) is 12.2 Å². The van der Waals surface area contributed by atoms with E-state index in [-0.39, 0.29) is 37.4 Å². The van der Waals surface area contributed by atoms with Crippen molar-refractivity contribution in [2.75, 3.05) is 13.1 Å². The highest BCUT2D eigenvalue weighted by Gasteiger charge is 2.31. The van der Waals surface area contributed by atoms with Crippen molar-refractivity contribution in [1.82, 2.24) is 10.6 Å². The first kappa shape index (κ1) is 25.2. The van der Waals surface area contributed by atoms with E-state index in [9.17, 15) is 33.0 Å². The third-order valence-electron chi connectivity index (χ3n) is 4.52. The summed E-state index contributed by atoms with van der Waals surface area (Å²) in [6, 6.07) is 13.1. The fourth-order valence-corrected chi connectivity index (χ4v) is 2.83. The van der Waals surface area contributed by atoms with Crippen molar-refractivity contribution in [2.45, 2.75) is 37.8 Å². The van der Waals surface area contributed by atoms with E-state index in [0.29, 0.717) is 12.0 Å². The highest BCUT2D eigenvalue weighted by Crippen LogP contribution is 2.22. The molecule has 0 saturated heterocycles. The quantitative estimate of drug-likeness (QED) is 0.391. The van der Waals surface area contributed by atoms with E-state index < -0.39 is 30.2 Å². The Hall–Kier alpha value is -3.11. The maximum Gasteiger partial charge on any atom is 0.573 e. The van der Waals surface area contributed by atoms with Crippen LogP contribution in [0.5, 0.6) is 5.75 Å². The standard InChI is InChI=1S/C22H25F3N2O5/c23-22(24,25)32-17-10-8-16(9-11-17)21(31)26-13-4-7-18(28)19(29)12-14-27-20(30)15-5-2-1-3-6-15/h1-3,5-6,8-11,18-19,28-29H,4,7,12-14H2,(H,26,31)(H,27,30). The average molecular weight is 454 g/mol. The number of ether oxygens (including phenoxy) is 1. The molecular formula is C22H25F3N2O5. The maximum absolute atomic E-state index is 12.1. The Labute approximate surface area is 183 Å². The number of alkyl halides is 3. The van der Waals surface area contributed by atoms with E-state index in [0.717, 1.165) is 12.1 Å². The third-order valence-corrected chi connectivity index (χ3v) is 4.52. The Bertz CT molecular complexity index is 860. The summed E-state index contributed by atoms with van der Waals surface area (Å²) in [4.78, 5) is 23.9. The maximum atomic E-state index is 12.1. The van der Waals surface area contributed by atoms with Crippen LogP contribution in [0.4, 0.5) is 13.2 Å². The van der Waals surface area contributed by atoms with Crippen molar-refractivity contribution in [3.05, 3.63) is 65.7 Å². The first-order valence-electron chi connectivity index (χ1n) is 9.99. The average Bonchev–Trinajstić information content (AvgIpc) is 2.76. The van der Waals surface area contributed by atoms with Gasteiger partial charge in [-0.25, -0.2) is 0 Å². The molecular weight excluding hydrogens is 429 g/mol. The van der Waals surface area contributed by atoms with Crippen LogP contribution in [-0.4, -0.2) is 53.7 Å². The smallest absolute Gasteiger partial charge is 0.406 e. The van der Waals surface area contributed by atoms with E-state index >= 15 is 0 Å². The van der Waals surface area contributed by atoms with Gasteiger partial charge in [-0.15, -0.1) is 13.2 Å². The molecule has 2 unspecified atom stereocenters. The second-order valence-electron chi connectivity index (χ2n) is 7.02. The number of carbonyl (C=O) groups excluding carboxylic acids is 2. The number of aliphatic hydroxyl groups is 2. The van der Waals surface area contributed by atoms with Crippen LogP contribution in [0.3, 0.4) is 0 Å². The van der Waals surface area contributed by atoms with Gasteiger partial charge in [-0.2, -0.15) is 0 Å². The van der Waals surface area contributed by atoms with E-state index in [2.05, 4.69) is 15.4 Å². The van der Waals surface area contributed by atoms with Crippen molar-refractivity contribution in [1.29, 1.82) is 0 Å². The summed E-state index contributed by atoms with van der Waals surface area (Å²) in [6.07, 6.45) is -6.12. The third kappa shape index (κ3) is 8.94. The minimum atomic E-state index is -4.80. The molecule has 0 aliphatic rings. The molecule has 2 rings (SSSR count). The number of nitrogens with one attached hydrogen (secondary N) is 2. The topological polar surface area (TPSA) is 108 Å². The van der Waals surface area contributed by atoms with Gasteiger partial charge < -0.3 is 25.6 Å². The molecule has 10 heteroatoms. The second-order valence-corrected chi connectivity index (χ2v) is 7.02. The van der Waals surface area contributed by atoms with Crippen molar-refractivity contribution < 1.29 is 37.7 Å². The zero-order valence-corrected chi connectivity index (χ0v) is 17.1. The lowest BCUT2D eigenvalue weighted by Gasteiger charge is -2.18. The highest BCUT2D eigenvalue weighted by atomic mass is 19.4. The van der Waals surface area contributed by atoms with Crippen LogP contribution >= 0.6 is 0 Å². The summed E-state index contributed by atoms with van der Waals surface area (Å²) in [6.45, 7) is 0.394. The Morgan fingerprint density at radius 1 is 0.812 bits per heavy atom. The molecule has 0 spiro atoms. The summed E-state index contributed by atoms with van der Waals surface area (Å²) < 4.78 is 40.2. The lowest BCUT2D eigenvalue weighted by atomic mass is 10.1. The lowest BCUT2D eigenvalue weighted by molar-refractivity contribution is -0.274. The molecule has 0 heterocycles. The van der Waals surface area contributed by atoms with Crippen LogP contribution < -0.4 is 15.4 Å². The summed E-state index contributed by atoms with van der Waals surface area (Å²) in [7, 11) is 0. The highest BCUT2D eigenvalue weighted by molar-refractivity contribution is 5.94. The fraction of sp³-hybridized carbons (Fsp3) is 0.364. The number of hydrogen-bond donors (Lipinski definition) is 4. The van der Waals surface area contributed by atoms with Gasteiger partial charge in [-0.05, 0) is 55.7 Å². The predicted molar refractivity (Wildman–Crippen MR) is 110 cm³/mol. The summed E-state index contributed by atoms with van der Waals surface area (Å²) in [5.74, 6) is -1.18. The van der Waals surface area contributed by atoms with Crippen molar-refractivity contribution >= 4 is 11.8 Å². The molecule has 0 aromatic heterocycles. The number of carbonyl (C=O) groups is 2. The van der Waals surface area contributed by atoms with Crippen LogP contribution in [0.25, 0.3) is 0 Å². The van der Waals surface area contributed by atoms with Crippen LogP contribution in [0.2, 0.25) is 0 Å². The van der Waals surface area contributed by atoms with Gasteiger partial charge in [0.25, 0.3) is 11.8 Å². The number of amides is 2. The van der Waals surface area contributed by atoms with Gasteiger partial charge in [0.2, 0.25) is 0 Å². The molecule has 4 N–H and O–H groups in total. The molecule has 0 radical (unpaired) electrons. The van der Waals surface area contributed by atoms with Crippen LogP contribution in [-0.2, 0) is 0 Å². The molecule has 2 aromatic rings. The van der Waals surface area contributed by atoms with Gasteiger partial charge >= 0.3 is 6.36 Å². The Morgan fingerprint density at radius 3 is 1.94 bits per heavy atom. The van der Waals surface area contributed by atoms with Crippen molar-refractivity contribution in [2.24, 2.45) is 0 Å². The fourth-order valence-electron chi connectivity index (χ4n) is 2.83. The number of rotatable bonds is 11. The molecule has 0 aliphatic carbocycles. The molecule has 0 aliphatic heterocycles. The van der Waals surface area contributed by atoms with Crippen molar-refractivity contribution in [3.63, 3.8) is 0 Å². The van der Waals surface area contributed by atoms with E-state index in [4.69, 9.17) is 0 Å². The van der Waals surface area contributed by atoms with E-state index in [1.807, 2.05) is 0 Å². The van der Waals surface area contributed by atoms with Crippen LogP contribution in [0, 0.1) is 0 Å². The summed E-state index contributed by atoms with van der Waals surface area (Å²) in [5, 5.41) is 25.3. The second kappa shape index (κ2) is 12.1. The first-order valence-corrected chi connectivity index (χ1v) is 9.99. The van der Waals surface area contributed by atoms with E-state index in [1.165, 1.54) is 12.1 Å². The van der Waals surface area contributed by atoms with Crippen molar-refractivity contribution in [3.8, 4) is 5.75 Å². The molecule has 2 atom stereocenters. The molecule has 2 amide bonds. The molecule has 0 fully saturated rings. The monoisotopic (exact) mass is 454 g/mol. The van der Waals surface area contributed by atoms with Crippen LogP contribution in [0.1, 0.15) is 40.0 Å². The number of benzene rings is 2. The Kier molecular flexibility index (Phi) is 9.48. The SMILES string of the molecule is O=C(NCCCC(O)C(O)CCNC(=O)c1ccccc1)c1ccc(OC(F)(F)F)cc1. The molecule has 7 nitrogen and oxygen atoms in total. The number of aliphatic hydroxyl groups excluding tert-OH is 2. The van der Waals surface area contributed by atoms with Gasteiger partial charge in [-0.3, -0.25) is 9.59 Å². The van der Waals surface area contributed by atoms with Gasteiger partial charge in [0.15, 0.2) is 0 Å². The minimum Gasteiger partial charge on any atom is -0.406 e. The minimum absolute atomic E-state index is 0.161. The Morgan fingerprint density at radius 2 is 1.34 bits per heavy atom. The molecule has 174 valence electrons. The summed E-state index contributed by atoms with van der Waals surface area (Å²) >= 11 is 0. The van der Waals surface area contributed by atoms with Gasteiger partial charge in [0.1, 0.15) is 5.75 Å². The zero-order valence-electron chi connectivity index (χ0n) is 17.1. The molecule has 0 bridgehead atoms. The van der Waals surface area contributed by atoms with Gasteiger partial charge in [0, 0.05) is 24.2 Å². The van der Waals surface area contributed by atoms with Gasteiger partial charge in [-0.1, -0.05) is 18.2 Å². The molecule has 0 saturated carbocycles. The van der Waals surface area contributed by atoms with E-state index in [1.54, 1.807) is 30.3 Å². The summed E-state index contributed by atoms with van der Waals surface area (Å²) in [5.41, 5.74) is 0.662. The zero-order chi connectivity index (χ0) is 23.6. The molecule has 32 heavy (non-hydrogen) atoms. The first-order chi connectivity index (χ1) is 15.2. The van der Waals surface area contributed by atoms with Crippen LogP contribution in [0.15, 0.2) is 54.6 Å². The normalized spacial score (nSPS) is 13.2. The molecule has 2 aromatic carbocycles. The lowest BCUT2D eigenvalue weighted by Crippen LogP contribution is -2.33.